The summed E-state index contributed by atoms with van der Waals surface area (Å²) in [6.07, 6.45) is 0. The first-order valence-electron chi connectivity index (χ1n) is 5.18. The average molecular weight is 197 g/mol. The van der Waals surface area contributed by atoms with Gasteiger partial charge in [0, 0.05) is 6.04 Å². The summed E-state index contributed by atoms with van der Waals surface area (Å²) in [6.45, 7) is 2.00. The summed E-state index contributed by atoms with van der Waals surface area (Å²) in [5, 5.41) is 0. The SMILES string of the molecule is C[C@@H](N)c1ccc(-c2ccccc2)cc1. The maximum Gasteiger partial charge on any atom is 0.0266 e. The molecule has 0 amide bonds. The van der Waals surface area contributed by atoms with Crippen LogP contribution in [0.15, 0.2) is 54.6 Å². The van der Waals surface area contributed by atoms with E-state index in [1.807, 2.05) is 13.0 Å². The van der Waals surface area contributed by atoms with Crippen LogP contribution in [0.4, 0.5) is 0 Å². The third-order valence-corrected chi connectivity index (χ3v) is 2.54. The fourth-order valence-electron chi connectivity index (χ4n) is 1.61. The minimum Gasteiger partial charge on any atom is -0.324 e. The molecule has 0 radical (unpaired) electrons. The smallest absolute Gasteiger partial charge is 0.0266 e. The summed E-state index contributed by atoms with van der Waals surface area (Å²) in [6, 6.07) is 18.9. The summed E-state index contributed by atoms with van der Waals surface area (Å²) < 4.78 is 0. The van der Waals surface area contributed by atoms with Crippen molar-refractivity contribution in [1.29, 1.82) is 0 Å². The minimum absolute atomic E-state index is 0.106. The molecule has 2 aromatic carbocycles. The highest BCUT2D eigenvalue weighted by Crippen LogP contribution is 2.20. The number of hydrogen-bond acceptors (Lipinski definition) is 1. The van der Waals surface area contributed by atoms with E-state index in [1.54, 1.807) is 0 Å². The molecule has 0 aliphatic carbocycles. The molecule has 0 aliphatic heterocycles. The second kappa shape index (κ2) is 4.28. The predicted molar refractivity (Wildman–Crippen MR) is 64.5 cm³/mol. The number of benzene rings is 2. The first kappa shape index (κ1) is 9.94. The van der Waals surface area contributed by atoms with E-state index in [9.17, 15) is 0 Å². The number of nitrogens with two attached hydrogens (primary N) is 1. The minimum atomic E-state index is 0.106. The van der Waals surface area contributed by atoms with E-state index in [1.165, 1.54) is 16.7 Å². The normalized spacial score (nSPS) is 12.4. The second-order valence-corrected chi connectivity index (χ2v) is 3.78. The maximum atomic E-state index is 5.80. The van der Waals surface area contributed by atoms with Crippen LogP contribution >= 0.6 is 0 Å². The molecule has 0 heterocycles. The van der Waals surface area contributed by atoms with Crippen LogP contribution in [0, 0.1) is 0 Å². The Kier molecular flexibility index (Phi) is 2.84. The Balaban J connectivity index is 2.32. The highest BCUT2D eigenvalue weighted by atomic mass is 14.6. The summed E-state index contributed by atoms with van der Waals surface area (Å²) in [7, 11) is 0. The lowest BCUT2D eigenvalue weighted by molar-refractivity contribution is 0.818. The summed E-state index contributed by atoms with van der Waals surface area (Å²) in [5.74, 6) is 0. The first-order chi connectivity index (χ1) is 7.27. The van der Waals surface area contributed by atoms with Gasteiger partial charge in [0.25, 0.3) is 0 Å². The van der Waals surface area contributed by atoms with Crippen molar-refractivity contribution in [3.63, 3.8) is 0 Å². The van der Waals surface area contributed by atoms with Gasteiger partial charge in [0.05, 0.1) is 0 Å². The highest BCUT2D eigenvalue weighted by molar-refractivity contribution is 5.63. The van der Waals surface area contributed by atoms with Crippen LogP contribution in [-0.4, -0.2) is 0 Å². The molecule has 1 atom stereocenters. The molecule has 1 nitrogen and oxygen atoms in total. The average Bonchev–Trinajstić information content (AvgIpc) is 2.30. The fraction of sp³-hybridized carbons (Fsp3) is 0.143. The fourth-order valence-corrected chi connectivity index (χ4v) is 1.61. The Bertz CT molecular complexity index is 415. The molecule has 0 spiro atoms. The molecule has 1 heteroatoms. The van der Waals surface area contributed by atoms with Crippen molar-refractivity contribution in [2.24, 2.45) is 5.73 Å². The van der Waals surface area contributed by atoms with Gasteiger partial charge in [-0.25, -0.2) is 0 Å². The van der Waals surface area contributed by atoms with Gasteiger partial charge in [0.1, 0.15) is 0 Å². The Labute approximate surface area is 90.6 Å². The van der Waals surface area contributed by atoms with Gasteiger partial charge in [-0.05, 0) is 23.6 Å². The Hall–Kier alpha value is -1.60. The van der Waals surface area contributed by atoms with Crippen molar-refractivity contribution < 1.29 is 0 Å². The second-order valence-electron chi connectivity index (χ2n) is 3.78. The lowest BCUT2D eigenvalue weighted by atomic mass is 10.0. The van der Waals surface area contributed by atoms with Crippen LogP contribution < -0.4 is 5.73 Å². The largest absolute Gasteiger partial charge is 0.324 e. The van der Waals surface area contributed by atoms with Gasteiger partial charge in [0.2, 0.25) is 0 Å². The monoisotopic (exact) mass is 197 g/mol. The van der Waals surface area contributed by atoms with Gasteiger partial charge < -0.3 is 5.73 Å². The quantitative estimate of drug-likeness (QED) is 0.784. The molecule has 0 fully saturated rings. The maximum absolute atomic E-state index is 5.80. The van der Waals surface area contributed by atoms with E-state index in [0.29, 0.717) is 0 Å². The van der Waals surface area contributed by atoms with E-state index in [4.69, 9.17) is 5.73 Å². The van der Waals surface area contributed by atoms with Gasteiger partial charge >= 0.3 is 0 Å². The molecule has 76 valence electrons. The Morgan fingerprint density at radius 1 is 0.800 bits per heavy atom. The van der Waals surface area contributed by atoms with Crippen molar-refractivity contribution >= 4 is 0 Å². The molecule has 0 unspecified atom stereocenters. The lowest BCUT2D eigenvalue weighted by Gasteiger charge is -2.06. The van der Waals surface area contributed by atoms with Crippen molar-refractivity contribution in [2.45, 2.75) is 13.0 Å². The third-order valence-electron chi connectivity index (χ3n) is 2.54. The first-order valence-corrected chi connectivity index (χ1v) is 5.18. The number of hydrogen-bond donors (Lipinski definition) is 1. The van der Waals surface area contributed by atoms with Crippen molar-refractivity contribution in [1.82, 2.24) is 0 Å². The van der Waals surface area contributed by atoms with Gasteiger partial charge in [-0.1, -0.05) is 54.6 Å². The zero-order chi connectivity index (χ0) is 10.7. The Morgan fingerprint density at radius 2 is 1.33 bits per heavy atom. The van der Waals surface area contributed by atoms with E-state index >= 15 is 0 Å². The lowest BCUT2D eigenvalue weighted by Crippen LogP contribution is -2.04. The molecule has 0 saturated carbocycles. The summed E-state index contributed by atoms with van der Waals surface area (Å²) in [4.78, 5) is 0. The third kappa shape index (κ3) is 2.25. The van der Waals surface area contributed by atoms with Crippen LogP contribution in [0.25, 0.3) is 11.1 Å². The van der Waals surface area contributed by atoms with Crippen LogP contribution in [0.3, 0.4) is 0 Å². The molecule has 15 heavy (non-hydrogen) atoms. The molecule has 0 aliphatic rings. The van der Waals surface area contributed by atoms with Gasteiger partial charge in [-0.2, -0.15) is 0 Å². The van der Waals surface area contributed by atoms with Crippen LogP contribution in [-0.2, 0) is 0 Å². The highest BCUT2D eigenvalue weighted by Gasteiger charge is 1.99. The molecular formula is C14H15N. The molecule has 2 rings (SSSR count). The van der Waals surface area contributed by atoms with E-state index < -0.39 is 0 Å². The van der Waals surface area contributed by atoms with Gasteiger partial charge in [0.15, 0.2) is 0 Å². The molecule has 2 N–H and O–H groups in total. The molecule has 2 aromatic rings. The number of rotatable bonds is 2. The van der Waals surface area contributed by atoms with Gasteiger partial charge in [-0.3, -0.25) is 0 Å². The van der Waals surface area contributed by atoms with Crippen molar-refractivity contribution in [3.8, 4) is 11.1 Å². The van der Waals surface area contributed by atoms with Crippen molar-refractivity contribution in [3.05, 3.63) is 60.2 Å². The Morgan fingerprint density at radius 3 is 1.87 bits per heavy atom. The summed E-state index contributed by atoms with van der Waals surface area (Å²) >= 11 is 0. The molecule has 0 saturated heterocycles. The zero-order valence-electron chi connectivity index (χ0n) is 8.85. The zero-order valence-corrected chi connectivity index (χ0v) is 8.85. The standard InChI is InChI=1S/C14H15N/c1-11(15)12-7-9-14(10-8-12)13-5-3-2-4-6-13/h2-11H,15H2,1H3/t11-/m1/s1. The topological polar surface area (TPSA) is 26.0 Å². The van der Waals surface area contributed by atoms with Crippen LogP contribution in [0.2, 0.25) is 0 Å². The molecule has 0 bridgehead atoms. The van der Waals surface area contributed by atoms with E-state index in [-0.39, 0.29) is 6.04 Å². The van der Waals surface area contributed by atoms with E-state index in [0.717, 1.165) is 0 Å². The summed E-state index contributed by atoms with van der Waals surface area (Å²) in [5.41, 5.74) is 9.46. The van der Waals surface area contributed by atoms with Crippen LogP contribution in [0.1, 0.15) is 18.5 Å². The van der Waals surface area contributed by atoms with Crippen LogP contribution in [0.5, 0.6) is 0 Å². The molecule has 0 aromatic heterocycles. The predicted octanol–water partition coefficient (Wildman–Crippen LogP) is 3.37. The van der Waals surface area contributed by atoms with Crippen molar-refractivity contribution in [2.75, 3.05) is 0 Å². The van der Waals surface area contributed by atoms with E-state index in [2.05, 4.69) is 48.5 Å². The molecular weight excluding hydrogens is 182 g/mol. The van der Waals surface area contributed by atoms with Gasteiger partial charge in [-0.15, -0.1) is 0 Å².